The van der Waals surface area contributed by atoms with Crippen LogP contribution in [0.4, 0.5) is 10.8 Å². The van der Waals surface area contributed by atoms with Crippen LogP contribution in [0.3, 0.4) is 0 Å². The number of nitriles is 1. The van der Waals surface area contributed by atoms with Crippen molar-refractivity contribution in [3.05, 3.63) is 76.3 Å². The highest BCUT2D eigenvalue weighted by molar-refractivity contribution is 8.01. The molecule has 1 aliphatic heterocycles. The highest BCUT2D eigenvalue weighted by Crippen LogP contribution is 2.50. The Kier molecular flexibility index (Phi) is 8.99. The number of aryl methyl sites for hydroxylation is 1. The first kappa shape index (κ1) is 31.1. The summed E-state index contributed by atoms with van der Waals surface area (Å²) in [6.07, 6.45) is 1.83. The molecule has 1 unspecified atom stereocenters. The minimum Gasteiger partial charge on any atom is -0.493 e. The number of thioether (sulfide) groups is 1. The van der Waals surface area contributed by atoms with Crippen molar-refractivity contribution in [3.63, 3.8) is 0 Å². The van der Waals surface area contributed by atoms with Gasteiger partial charge in [-0.25, -0.2) is 0 Å². The van der Waals surface area contributed by atoms with E-state index in [9.17, 15) is 14.9 Å². The number of nitrogens with one attached hydrogen (secondary N) is 1. The van der Waals surface area contributed by atoms with E-state index in [1.165, 1.54) is 35.8 Å². The lowest BCUT2D eigenvalue weighted by Gasteiger charge is -2.42. The lowest BCUT2D eigenvalue weighted by molar-refractivity contribution is -0.118. The van der Waals surface area contributed by atoms with Crippen LogP contribution in [0.1, 0.15) is 50.7 Å². The predicted molar refractivity (Wildman–Crippen MR) is 172 cm³/mol. The van der Waals surface area contributed by atoms with Gasteiger partial charge in [-0.05, 0) is 41.5 Å². The number of Topliss-reactive ketones (excluding diaryl/α,β-unsaturated/α-hetero) is 1. The van der Waals surface area contributed by atoms with Crippen LogP contribution in [0, 0.1) is 16.7 Å². The van der Waals surface area contributed by atoms with Gasteiger partial charge in [-0.15, -0.1) is 10.2 Å². The molecule has 0 spiro atoms. The van der Waals surface area contributed by atoms with Crippen molar-refractivity contribution in [2.24, 2.45) is 11.1 Å². The summed E-state index contributed by atoms with van der Waals surface area (Å²) in [4.78, 5) is 28.2. The Balaban J connectivity index is 1.42. The summed E-state index contributed by atoms with van der Waals surface area (Å²) in [6, 6.07) is 15.5. The summed E-state index contributed by atoms with van der Waals surface area (Å²) in [7, 11) is 3.08. The fourth-order valence-corrected chi connectivity index (χ4v) is 7.28. The number of methoxy groups -OCH3 is 2. The van der Waals surface area contributed by atoms with Crippen LogP contribution >= 0.6 is 23.1 Å². The van der Waals surface area contributed by atoms with Crippen molar-refractivity contribution >= 4 is 45.6 Å². The molecule has 0 saturated carbocycles. The molecule has 2 aromatic carbocycles. The number of benzene rings is 2. The predicted octanol–water partition coefficient (Wildman–Crippen LogP) is 5.79. The Morgan fingerprint density at radius 1 is 1.16 bits per heavy atom. The lowest BCUT2D eigenvalue weighted by atomic mass is 9.68. The minimum absolute atomic E-state index is 0.00276. The number of rotatable bonds is 9. The molecular formula is C32H34N6O4S2. The zero-order valence-electron chi connectivity index (χ0n) is 25.3. The summed E-state index contributed by atoms with van der Waals surface area (Å²) >= 11 is 2.49. The van der Waals surface area contributed by atoms with E-state index in [0.29, 0.717) is 50.6 Å². The number of carbonyl (C=O) groups excluding carboxylic acids is 2. The Morgan fingerprint density at radius 3 is 2.55 bits per heavy atom. The molecule has 1 amide bonds. The molecule has 3 N–H and O–H groups in total. The molecular weight excluding hydrogens is 597 g/mol. The first-order valence-corrected chi connectivity index (χ1v) is 15.9. The van der Waals surface area contributed by atoms with E-state index < -0.39 is 5.92 Å². The summed E-state index contributed by atoms with van der Waals surface area (Å²) in [5.41, 5.74) is 10.7. The fourth-order valence-electron chi connectivity index (χ4n) is 5.60. The summed E-state index contributed by atoms with van der Waals surface area (Å²) < 4.78 is 11.1. The number of ketones is 1. The third kappa shape index (κ3) is 6.16. The standard InChI is InChI=1S/C32H34N6O4S2/c1-6-18-7-9-19(10-8-18)27-21(16-33)29(34)38(22-14-32(2,3)15-23(39)28(22)27)30-36-37-31(44-30)43-17-26(40)35-20-11-12-24(41-4)25(13-20)42-5/h7-13,27H,6,14-15,17,34H2,1-5H3,(H,35,40). The number of allylic oxidation sites excluding steroid dienone is 3. The van der Waals surface area contributed by atoms with Crippen LogP contribution in [0.5, 0.6) is 11.5 Å². The molecule has 12 heteroatoms. The molecule has 1 aromatic heterocycles. The van der Waals surface area contributed by atoms with Gasteiger partial charge in [-0.2, -0.15) is 5.26 Å². The first-order valence-electron chi connectivity index (χ1n) is 14.1. The van der Waals surface area contributed by atoms with E-state index in [0.717, 1.165) is 17.7 Å². The van der Waals surface area contributed by atoms with Gasteiger partial charge in [0.1, 0.15) is 5.82 Å². The SMILES string of the molecule is CCc1ccc(C2C(C#N)=C(N)N(c3nnc(SCC(=O)Nc4ccc(OC)c(OC)c4)s3)C3=C2C(=O)CC(C)(C)C3)cc1. The zero-order valence-corrected chi connectivity index (χ0v) is 26.9. The average Bonchev–Trinajstić information content (AvgIpc) is 3.47. The number of amides is 1. The molecule has 1 atom stereocenters. The second kappa shape index (κ2) is 12.7. The molecule has 2 aliphatic rings. The maximum atomic E-state index is 13.8. The lowest BCUT2D eigenvalue weighted by Crippen LogP contribution is -2.42. The monoisotopic (exact) mass is 630 g/mol. The Hall–Kier alpha value is -4.34. The quantitative estimate of drug-likeness (QED) is 0.279. The Bertz CT molecular complexity index is 1700. The van der Waals surface area contributed by atoms with Gasteiger partial charge in [-0.1, -0.05) is 68.1 Å². The van der Waals surface area contributed by atoms with Gasteiger partial charge < -0.3 is 20.5 Å². The molecule has 3 aromatic rings. The molecule has 5 rings (SSSR count). The van der Waals surface area contributed by atoms with E-state index in [-0.39, 0.29) is 28.7 Å². The van der Waals surface area contributed by atoms with E-state index >= 15 is 0 Å². The second-order valence-electron chi connectivity index (χ2n) is 11.3. The van der Waals surface area contributed by atoms with Crippen LogP contribution < -0.4 is 25.4 Å². The molecule has 1 aliphatic carbocycles. The largest absolute Gasteiger partial charge is 0.493 e. The van der Waals surface area contributed by atoms with Crippen molar-refractivity contribution in [2.75, 3.05) is 30.2 Å². The van der Waals surface area contributed by atoms with Gasteiger partial charge in [0.05, 0.1) is 37.5 Å². The van der Waals surface area contributed by atoms with Crippen molar-refractivity contribution in [3.8, 4) is 17.6 Å². The maximum Gasteiger partial charge on any atom is 0.234 e. The number of anilines is 2. The summed E-state index contributed by atoms with van der Waals surface area (Å²) in [5, 5.41) is 22.3. The third-order valence-electron chi connectivity index (χ3n) is 7.68. The number of aromatic nitrogens is 2. The molecule has 0 bridgehead atoms. The van der Waals surface area contributed by atoms with Gasteiger partial charge in [0.2, 0.25) is 11.0 Å². The van der Waals surface area contributed by atoms with Crippen LogP contribution in [-0.4, -0.2) is 41.9 Å². The van der Waals surface area contributed by atoms with Crippen LogP contribution in [0.2, 0.25) is 0 Å². The highest BCUT2D eigenvalue weighted by Gasteiger charge is 2.45. The van der Waals surface area contributed by atoms with E-state index in [1.54, 1.807) is 30.2 Å². The minimum atomic E-state index is -0.553. The molecule has 0 saturated heterocycles. The third-order valence-corrected chi connectivity index (χ3v) is 9.73. The first-order chi connectivity index (χ1) is 21.1. The number of ether oxygens (including phenoxy) is 2. The molecule has 44 heavy (non-hydrogen) atoms. The summed E-state index contributed by atoms with van der Waals surface area (Å²) in [6.45, 7) is 6.19. The maximum absolute atomic E-state index is 13.8. The molecule has 2 heterocycles. The van der Waals surface area contributed by atoms with Crippen LogP contribution in [0.25, 0.3) is 0 Å². The topological polar surface area (TPSA) is 143 Å². The van der Waals surface area contributed by atoms with Gasteiger partial charge in [0.15, 0.2) is 21.6 Å². The Morgan fingerprint density at radius 2 is 1.89 bits per heavy atom. The van der Waals surface area contributed by atoms with Crippen molar-refractivity contribution in [1.82, 2.24) is 10.2 Å². The van der Waals surface area contributed by atoms with Gasteiger partial charge in [0.25, 0.3) is 0 Å². The molecule has 10 nitrogen and oxygen atoms in total. The van der Waals surface area contributed by atoms with Gasteiger partial charge in [0, 0.05) is 29.4 Å². The second-order valence-corrected chi connectivity index (χ2v) is 13.5. The van der Waals surface area contributed by atoms with Gasteiger partial charge in [-0.3, -0.25) is 14.5 Å². The summed E-state index contributed by atoms with van der Waals surface area (Å²) in [5.74, 6) is 0.611. The van der Waals surface area contributed by atoms with Crippen LogP contribution in [0.15, 0.2) is 69.5 Å². The van der Waals surface area contributed by atoms with Gasteiger partial charge >= 0.3 is 0 Å². The Labute approximate surface area is 264 Å². The number of nitrogens with zero attached hydrogens (tertiary/aromatic N) is 4. The average molecular weight is 631 g/mol. The molecule has 228 valence electrons. The number of carbonyl (C=O) groups is 2. The van der Waals surface area contributed by atoms with E-state index in [2.05, 4.69) is 42.4 Å². The van der Waals surface area contributed by atoms with Crippen LogP contribution in [-0.2, 0) is 16.0 Å². The highest BCUT2D eigenvalue weighted by atomic mass is 32.2. The normalized spacial score (nSPS) is 17.7. The van der Waals surface area contributed by atoms with E-state index in [1.807, 2.05) is 24.3 Å². The zero-order chi connectivity index (χ0) is 31.6. The number of hydrogen-bond donors (Lipinski definition) is 2. The number of hydrogen-bond acceptors (Lipinski definition) is 11. The smallest absolute Gasteiger partial charge is 0.234 e. The van der Waals surface area contributed by atoms with Crippen molar-refractivity contribution in [1.29, 1.82) is 5.26 Å². The van der Waals surface area contributed by atoms with Crippen molar-refractivity contribution < 1.29 is 19.1 Å². The van der Waals surface area contributed by atoms with E-state index in [4.69, 9.17) is 15.2 Å². The fraction of sp³-hybridized carbons (Fsp3) is 0.344. The van der Waals surface area contributed by atoms with Crippen molar-refractivity contribution in [2.45, 2.75) is 50.3 Å². The molecule has 0 fully saturated rings. The molecule has 0 radical (unpaired) electrons. The number of nitrogens with two attached hydrogens (primary N) is 1.